The Kier molecular flexibility index (Phi) is 3.65. The van der Waals surface area contributed by atoms with Crippen LogP contribution >= 0.6 is 11.6 Å². The molecule has 3 heterocycles. The van der Waals surface area contributed by atoms with Gasteiger partial charge in [0.15, 0.2) is 0 Å². The van der Waals surface area contributed by atoms with Crippen LogP contribution in [-0.2, 0) is 11.8 Å². The SMILES string of the molecule is Cc1ccc(C)n1-c1nc2c(C3CCC(=O)N3C)ccc(Cl)c2n1C. The summed E-state index contributed by atoms with van der Waals surface area (Å²) in [6, 6.07) is 8.15. The number of amides is 1. The zero-order valence-corrected chi connectivity index (χ0v) is 15.6. The van der Waals surface area contributed by atoms with Crippen molar-refractivity contribution in [3.63, 3.8) is 0 Å². The molecule has 2 aromatic heterocycles. The van der Waals surface area contributed by atoms with Crippen LogP contribution in [0.15, 0.2) is 24.3 Å². The minimum atomic E-state index is 0.0573. The molecule has 1 unspecified atom stereocenters. The smallest absolute Gasteiger partial charge is 0.222 e. The number of likely N-dealkylation sites (tertiary alicyclic amines) is 1. The van der Waals surface area contributed by atoms with Crippen molar-refractivity contribution in [2.45, 2.75) is 32.7 Å². The molecule has 1 aliphatic rings. The highest BCUT2D eigenvalue weighted by Gasteiger charge is 2.31. The normalized spacial score (nSPS) is 17.9. The van der Waals surface area contributed by atoms with E-state index in [1.54, 1.807) is 0 Å². The van der Waals surface area contributed by atoms with Gasteiger partial charge in [-0.1, -0.05) is 17.7 Å². The Morgan fingerprint density at radius 1 is 1.12 bits per heavy atom. The van der Waals surface area contributed by atoms with E-state index < -0.39 is 0 Å². The molecule has 1 aliphatic heterocycles. The molecule has 0 spiro atoms. The van der Waals surface area contributed by atoms with Crippen LogP contribution in [0, 0.1) is 13.8 Å². The lowest BCUT2D eigenvalue weighted by Gasteiger charge is -2.20. The van der Waals surface area contributed by atoms with Gasteiger partial charge >= 0.3 is 0 Å². The molecule has 25 heavy (non-hydrogen) atoms. The van der Waals surface area contributed by atoms with Crippen LogP contribution in [0.5, 0.6) is 0 Å². The molecule has 1 fully saturated rings. The second-order valence-electron chi connectivity index (χ2n) is 6.82. The van der Waals surface area contributed by atoms with Crippen molar-refractivity contribution >= 4 is 28.5 Å². The zero-order chi connectivity index (χ0) is 17.9. The van der Waals surface area contributed by atoms with Crippen molar-refractivity contribution in [2.75, 3.05) is 7.05 Å². The summed E-state index contributed by atoms with van der Waals surface area (Å²) in [7, 11) is 3.85. The number of rotatable bonds is 2. The topological polar surface area (TPSA) is 43.1 Å². The van der Waals surface area contributed by atoms with E-state index >= 15 is 0 Å². The second kappa shape index (κ2) is 5.63. The van der Waals surface area contributed by atoms with Crippen molar-refractivity contribution in [3.8, 4) is 5.95 Å². The summed E-state index contributed by atoms with van der Waals surface area (Å²) < 4.78 is 4.17. The van der Waals surface area contributed by atoms with Crippen molar-refractivity contribution in [2.24, 2.45) is 7.05 Å². The van der Waals surface area contributed by atoms with Crippen LogP contribution in [-0.4, -0.2) is 32.0 Å². The Morgan fingerprint density at radius 2 is 1.80 bits per heavy atom. The lowest BCUT2D eigenvalue weighted by atomic mass is 10.0. The van der Waals surface area contributed by atoms with Gasteiger partial charge in [-0.3, -0.25) is 9.36 Å². The van der Waals surface area contributed by atoms with E-state index in [1.165, 1.54) is 0 Å². The number of nitrogens with zero attached hydrogens (tertiary/aromatic N) is 4. The Hall–Kier alpha value is -2.27. The molecule has 0 saturated carbocycles. The minimum absolute atomic E-state index is 0.0573. The molecule has 0 N–H and O–H groups in total. The summed E-state index contributed by atoms with van der Waals surface area (Å²) >= 11 is 6.51. The molecule has 5 nitrogen and oxygen atoms in total. The van der Waals surface area contributed by atoms with Crippen molar-refractivity contribution in [1.29, 1.82) is 0 Å². The summed E-state index contributed by atoms with van der Waals surface area (Å²) in [6.45, 7) is 4.14. The lowest BCUT2D eigenvalue weighted by Crippen LogP contribution is -2.22. The van der Waals surface area contributed by atoms with Crippen LogP contribution in [0.4, 0.5) is 0 Å². The third-order valence-corrected chi connectivity index (χ3v) is 5.61. The molecular weight excluding hydrogens is 336 g/mol. The van der Waals surface area contributed by atoms with E-state index in [-0.39, 0.29) is 11.9 Å². The molecule has 130 valence electrons. The standard InChI is InChI=1S/C19H21ClN4O/c1-11-5-6-12(2)24(11)19-21-17-13(15-9-10-16(25)22(15)3)7-8-14(20)18(17)23(19)4/h5-8,15H,9-10H2,1-4H3. The van der Waals surface area contributed by atoms with Gasteiger partial charge in [0.2, 0.25) is 11.9 Å². The molecular formula is C19H21ClN4O. The summed E-state index contributed by atoms with van der Waals surface area (Å²) in [6.07, 6.45) is 1.40. The number of hydrogen-bond donors (Lipinski definition) is 0. The quantitative estimate of drug-likeness (QED) is 0.698. The molecule has 0 radical (unpaired) electrons. The summed E-state index contributed by atoms with van der Waals surface area (Å²) in [5.41, 5.74) is 5.11. The number of halogens is 1. The number of carbonyl (C=O) groups excluding carboxylic acids is 1. The predicted octanol–water partition coefficient (Wildman–Crippen LogP) is 3.93. The van der Waals surface area contributed by atoms with E-state index in [0.29, 0.717) is 11.4 Å². The fraction of sp³-hybridized carbons (Fsp3) is 0.368. The molecule has 3 aromatic rings. The zero-order valence-electron chi connectivity index (χ0n) is 14.9. The maximum absolute atomic E-state index is 12.0. The second-order valence-corrected chi connectivity index (χ2v) is 7.22. The van der Waals surface area contributed by atoms with Gasteiger partial charge in [-0.25, -0.2) is 4.98 Å². The number of fused-ring (bicyclic) bond motifs is 1. The predicted molar refractivity (Wildman–Crippen MR) is 99.3 cm³/mol. The van der Waals surface area contributed by atoms with Gasteiger partial charge in [-0.05, 0) is 38.5 Å². The first-order valence-electron chi connectivity index (χ1n) is 8.46. The van der Waals surface area contributed by atoms with Crippen LogP contribution in [0.3, 0.4) is 0 Å². The number of aryl methyl sites for hydroxylation is 3. The Bertz CT molecular complexity index is 981. The Labute approximate surface area is 151 Å². The summed E-state index contributed by atoms with van der Waals surface area (Å²) in [5.74, 6) is 1.03. The van der Waals surface area contributed by atoms with Crippen LogP contribution < -0.4 is 0 Å². The summed E-state index contributed by atoms with van der Waals surface area (Å²) in [5, 5.41) is 0.675. The van der Waals surface area contributed by atoms with Crippen LogP contribution in [0.1, 0.15) is 35.8 Å². The van der Waals surface area contributed by atoms with E-state index in [2.05, 4.69) is 30.5 Å². The molecule has 1 saturated heterocycles. The summed E-state index contributed by atoms with van der Waals surface area (Å²) in [4.78, 5) is 18.7. The number of imidazole rings is 1. The van der Waals surface area contributed by atoms with Gasteiger partial charge < -0.3 is 9.47 Å². The highest BCUT2D eigenvalue weighted by molar-refractivity contribution is 6.35. The number of aromatic nitrogens is 3. The van der Waals surface area contributed by atoms with Gasteiger partial charge in [-0.2, -0.15) is 0 Å². The van der Waals surface area contributed by atoms with Gasteiger partial charge in [0.1, 0.15) is 0 Å². The Balaban J connectivity index is 1.98. The van der Waals surface area contributed by atoms with Crippen molar-refractivity contribution in [1.82, 2.24) is 19.0 Å². The third-order valence-electron chi connectivity index (χ3n) is 5.30. The number of hydrogen-bond acceptors (Lipinski definition) is 2. The van der Waals surface area contributed by atoms with E-state index in [1.807, 2.05) is 35.7 Å². The average molecular weight is 357 g/mol. The number of carbonyl (C=O) groups is 1. The average Bonchev–Trinajstić information content (AvgIpc) is 3.19. The van der Waals surface area contributed by atoms with E-state index in [4.69, 9.17) is 16.6 Å². The molecule has 1 amide bonds. The van der Waals surface area contributed by atoms with Crippen LogP contribution in [0.25, 0.3) is 17.0 Å². The first-order valence-corrected chi connectivity index (χ1v) is 8.83. The van der Waals surface area contributed by atoms with Crippen molar-refractivity contribution < 1.29 is 4.79 Å². The molecule has 6 heteroatoms. The highest BCUT2D eigenvalue weighted by atomic mass is 35.5. The first-order chi connectivity index (χ1) is 11.9. The molecule has 0 bridgehead atoms. The monoisotopic (exact) mass is 356 g/mol. The fourth-order valence-electron chi connectivity index (χ4n) is 3.90. The van der Waals surface area contributed by atoms with Gasteiger partial charge in [0.25, 0.3) is 0 Å². The molecule has 0 aliphatic carbocycles. The van der Waals surface area contributed by atoms with Gasteiger partial charge in [-0.15, -0.1) is 0 Å². The van der Waals surface area contributed by atoms with Gasteiger partial charge in [0, 0.05) is 37.5 Å². The van der Waals surface area contributed by atoms with E-state index in [0.717, 1.165) is 40.4 Å². The van der Waals surface area contributed by atoms with Crippen molar-refractivity contribution in [3.05, 3.63) is 46.2 Å². The minimum Gasteiger partial charge on any atom is -0.339 e. The maximum atomic E-state index is 12.0. The van der Waals surface area contributed by atoms with Crippen LogP contribution in [0.2, 0.25) is 5.02 Å². The third kappa shape index (κ3) is 2.29. The highest BCUT2D eigenvalue weighted by Crippen LogP contribution is 2.38. The first kappa shape index (κ1) is 16.2. The van der Waals surface area contributed by atoms with E-state index in [9.17, 15) is 4.79 Å². The number of benzene rings is 1. The largest absolute Gasteiger partial charge is 0.339 e. The Morgan fingerprint density at radius 3 is 2.40 bits per heavy atom. The molecule has 1 aromatic carbocycles. The lowest BCUT2D eigenvalue weighted by molar-refractivity contribution is -0.127. The fourth-order valence-corrected chi connectivity index (χ4v) is 4.18. The maximum Gasteiger partial charge on any atom is 0.222 e. The van der Waals surface area contributed by atoms with Gasteiger partial charge in [0.05, 0.1) is 22.1 Å². The molecule has 1 atom stereocenters. The molecule has 4 rings (SSSR count).